The van der Waals surface area contributed by atoms with Crippen molar-refractivity contribution in [3.05, 3.63) is 96.3 Å². The maximum Gasteiger partial charge on any atom is 0.286 e. The van der Waals surface area contributed by atoms with Gasteiger partial charge in [-0.1, -0.05) is 43.0 Å². The summed E-state index contributed by atoms with van der Waals surface area (Å²) in [5.41, 5.74) is 9.05. The van der Waals surface area contributed by atoms with Crippen LogP contribution in [0.5, 0.6) is 11.5 Å². The lowest BCUT2D eigenvalue weighted by Crippen LogP contribution is -2.12. The first-order valence-electron chi connectivity index (χ1n) is 9.13. The number of furan rings is 1. The Kier molecular flexibility index (Phi) is 4.79. The molecule has 0 unspecified atom stereocenters. The van der Waals surface area contributed by atoms with Crippen LogP contribution in [-0.4, -0.2) is 5.91 Å². The summed E-state index contributed by atoms with van der Waals surface area (Å²) in [6.45, 7) is 6.07. The van der Waals surface area contributed by atoms with Crippen LogP contribution < -0.4 is 15.8 Å². The third kappa shape index (κ3) is 3.84. The molecule has 3 N–H and O–H groups in total. The highest BCUT2D eigenvalue weighted by Crippen LogP contribution is 2.34. The Hall–Kier alpha value is -3.99. The number of aryl methyl sites for hydroxylation is 1. The number of nitrogens with two attached hydrogens (primary N) is 1. The van der Waals surface area contributed by atoms with Crippen LogP contribution in [0.25, 0.3) is 16.7 Å². The zero-order chi connectivity index (χ0) is 20.4. The zero-order valence-electron chi connectivity index (χ0n) is 15.9. The molecule has 144 valence electrons. The highest BCUT2D eigenvalue weighted by Gasteiger charge is 2.19. The Morgan fingerprint density at radius 2 is 1.76 bits per heavy atom. The summed E-state index contributed by atoms with van der Waals surface area (Å²) >= 11 is 0. The number of benzene rings is 3. The average molecular weight is 384 g/mol. The van der Waals surface area contributed by atoms with Crippen LogP contribution in [0.1, 0.15) is 21.7 Å². The third-order valence-electron chi connectivity index (χ3n) is 4.51. The number of carbonyl (C=O) groups excluding carboxylic acids is 1. The van der Waals surface area contributed by atoms with Crippen molar-refractivity contribution in [1.82, 2.24) is 0 Å². The van der Waals surface area contributed by atoms with E-state index in [0.29, 0.717) is 22.7 Å². The van der Waals surface area contributed by atoms with Crippen LogP contribution >= 0.6 is 0 Å². The maximum absolute atomic E-state index is 11.9. The SMILES string of the molecule is C=C(Nc1c(C(N)=O)oc2cc(C)ccc12)c1cccc(Oc2ccccc2)c1. The summed E-state index contributed by atoms with van der Waals surface area (Å²) in [5, 5.41) is 3.96. The lowest BCUT2D eigenvalue weighted by Gasteiger charge is -2.12. The van der Waals surface area contributed by atoms with Crippen molar-refractivity contribution in [1.29, 1.82) is 0 Å². The van der Waals surface area contributed by atoms with E-state index in [-0.39, 0.29) is 5.76 Å². The van der Waals surface area contributed by atoms with Gasteiger partial charge in [-0.05, 0) is 48.9 Å². The van der Waals surface area contributed by atoms with Crippen LogP contribution in [0.4, 0.5) is 5.69 Å². The Morgan fingerprint density at radius 3 is 2.52 bits per heavy atom. The van der Waals surface area contributed by atoms with E-state index < -0.39 is 5.91 Å². The Balaban J connectivity index is 1.64. The van der Waals surface area contributed by atoms with Crippen molar-refractivity contribution >= 4 is 28.3 Å². The van der Waals surface area contributed by atoms with Crippen molar-refractivity contribution in [2.45, 2.75) is 6.92 Å². The maximum atomic E-state index is 11.9. The zero-order valence-corrected chi connectivity index (χ0v) is 15.9. The van der Waals surface area contributed by atoms with Gasteiger partial charge in [0.15, 0.2) is 0 Å². The van der Waals surface area contributed by atoms with E-state index in [1.54, 1.807) is 0 Å². The quantitative estimate of drug-likeness (QED) is 0.446. The molecule has 1 aromatic heterocycles. The molecule has 0 aliphatic rings. The van der Waals surface area contributed by atoms with Gasteiger partial charge in [-0.3, -0.25) is 4.79 Å². The number of nitrogens with one attached hydrogen (secondary N) is 1. The molecule has 4 aromatic rings. The predicted octanol–water partition coefficient (Wildman–Crippen LogP) is 5.72. The molecular formula is C24H20N2O3. The molecule has 3 aromatic carbocycles. The van der Waals surface area contributed by atoms with E-state index in [4.69, 9.17) is 14.9 Å². The minimum absolute atomic E-state index is 0.0726. The van der Waals surface area contributed by atoms with E-state index in [1.165, 1.54) is 0 Å². The molecule has 4 rings (SSSR count). The minimum atomic E-state index is -0.643. The number of anilines is 1. The van der Waals surface area contributed by atoms with Gasteiger partial charge in [-0.2, -0.15) is 0 Å². The number of fused-ring (bicyclic) bond motifs is 1. The topological polar surface area (TPSA) is 77.5 Å². The van der Waals surface area contributed by atoms with Crippen molar-refractivity contribution < 1.29 is 13.9 Å². The van der Waals surface area contributed by atoms with Gasteiger partial charge in [-0.15, -0.1) is 0 Å². The Bertz CT molecular complexity index is 1210. The van der Waals surface area contributed by atoms with E-state index in [9.17, 15) is 4.79 Å². The molecule has 0 fully saturated rings. The van der Waals surface area contributed by atoms with Gasteiger partial charge in [-0.25, -0.2) is 0 Å². The molecule has 0 radical (unpaired) electrons. The largest absolute Gasteiger partial charge is 0.457 e. The smallest absolute Gasteiger partial charge is 0.286 e. The second-order valence-electron chi connectivity index (χ2n) is 6.72. The molecule has 0 saturated carbocycles. The Morgan fingerprint density at radius 1 is 1.00 bits per heavy atom. The summed E-state index contributed by atoms with van der Waals surface area (Å²) < 4.78 is 11.6. The minimum Gasteiger partial charge on any atom is -0.457 e. The summed E-state index contributed by atoms with van der Waals surface area (Å²) in [6.07, 6.45) is 0. The number of hydrogen-bond acceptors (Lipinski definition) is 4. The molecule has 0 aliphatic carbocycles. The van der Waals surface area contributed by atoms with Crippen LogP contribution in [0.3, 0.4) is 0 Å². The van der Waals surface area contributed by atoms with Gasteiger partial charge >= 0.3 is 0 Å². The average Bonchev–Trinajstić information content (AvgIpc) is 3.06. The fraction of sp³-hybridized carbons (Fsp3) is 0.0417. The predicted molar refractivity (Wildman–Crippen MR) is 115 cm³/mol. The van der Waals surface area contributed by atoms with E-state index in [2.05, 4.69) is 11.9 Å². The molecular weight excluding hydrogens is 364 g/mol. The lowest BCUT2D eigenvalue weighted by atomic mass is 10.1. The Labute approximate surface area is 168 Å². The first-order valence-corrected chi connectivity index (χ1v) is 9.13. The molecule has 0 atom stereocenters. The first kappa shape index (κ1) is 18.4. The van der Waals surface area contributed by atoms with Gasteiger partial charge in [0.25, 0.3) is 5.91 Å². The molecule has 5 nitrogen and oxygen atoms in total. The van der Waals surface area contributed by atoms with Crippen LogP contribution in [-0.2, 0) is 0 Å². The highest BCUT2D eigenvalue weighted by molar-refractivity contribution is 6.07. The van der Waals surface area contributed by atoms with Crippen molar-refractivity contribution in [3.63, 3.8) is 0 Å². The number of ether oxygens (including phenoxy) is 1. The van der Waals surface area contributed by atoms with E-state index >= 15 is 0 Å². The molecule has 0 saturated heterocycles. The summed E-state index contributed by atoms with van der Waals surface area (Å²) in [5.74, 6) is 0.855. The third-order valence-corrected chi connectivity index (χ3v) is 4.51. The number of para-hydroxylation sites is 1. The first-order chi connectivity index (χ1) is 14.0. The molecule has 5 heteroatoms. The number of hydrogen-bond donors (Lipinski definition) is 2. The summed E-state index contributed by atoms with van der Waals surface area (Å²) in [6, 6.07) is 22.8. The fourth-order valence-electron chi connectivity index (χ4n) is 3.10. The second kappa shape index (κ2) is 7.56. The van der Waals surface area contributed by atoms with Crippen molar-refractivity contribution in [2.24, 2.45) is 5.73 Å². The highest BCUT2D eigenvalue weighted by atomic mass is 16.5. The van der Waals surface area contributed by atoms with Gasteiger partial charge in [0.05, 0.1) is 5.69 Å². The number of carbonyl (C=O) groups is 1. The molecule has 1 amide bonds. The number of primary amides is 1. The molecule has 29 heavy (non-hydrogen) atoms. The number of rotatable bonds is 6. The van der Waals surface area contributed by atoms with Crippen molar-refractivity contribution in [2.75, 3.05) is 5.32 Å². The van der Waals surface area contributed by atoms with Crippen molar-refractivity contribution in [3.8, 4) is 11.5 Å². The van der Waals surface area contributed by atoms with Gasteiger partial charge in [0.1, 0.15) is 17.1 Å². The van der Waals surface area contributed by atoms with Gasteiger partial charge in [0, 0.05) is 16.6 Å². The number of amides is 1. The normalized spacial score (nSPS) is 10.7. The summed E-state index contributed by atoms with van der Waals surface area (Å²) in [7, 11) is 0. The van der Waals surface area contributed by atoms with Gasteiger partial charge < -0.3 is 20.2 Å². The molecule has 0 aliphatic heterocycles. The fourth-order valence-corrected chi connectivity index (χ4v) is 3.10. The lowest BCUT2D eigenvalue weighted by molar-refractivity contribution is 0.0977. The van der Waals surface area contributed by atoms with E-state index in [1.807, 2.05) is 79.7 Å². The van der Waals surface area contributed by atoms with Crippen LogP contribution in [0, 0.1) is 6.92 Å². The van der Waals surface area contributed by atoms with Gasteiger partial charge in [0.2, 0.25) is 5.76 Å². The monoisotopic (exact) mass is 384 g/mol. The van der Waals surface area contributed by atoms with Crippen LogP contribution in [0.2, 0.25) is 0 Å². The molecule has 0 spiro atoms. The second-order valence-corrected chi connectivity index (χ2v) is 6.72. The molecule has 1 heterocycles. The van der Waals surface area contributed by atoms with Crippen LogP contribution in [0.15, 0.2) is 83.8 Å². The standard InChI is InChI=1S/C24H20N2O3/c1-15-11-12-20-21(13-15)29-23(24(25)27)22(20)26-16(2)17-7-6-10-19(14-17)28-18-8-4-3-5-9-18/h3-14,26H,2H2,1H3,(H2,25,27). The molecule has 0 bridgehead atoms. The summed E-state index contributed by atoms with van der Waals surface area (Å²) in [4.78, 5) is 11.9. The van der Waals surface area contributed by atoms with E-state index in [0.717, 1.165) is 22.3 Å².